The molecular formula is C12H15NO3. The standard InChI is InChI=1S/C12H15NO3/c1-2-16-12(15)10-5-3-7-11(13)9(10)6-4-8-14/h3,5,7-8H,2,4,6,13H2,1H3. The van der Waals surface area contributed by atoms with Gasteiger partial charge >= 0.3 is 5.97 Å². The monoisotopic (exact) mass is 221 g/mol. The van der Waals surface area contributed by atoms with Gasteiger partial charge in [0, 0.05) is 12.1 Å². The molecule has 0 saturated heterocycles. The lowest BCUT2D eigenvalue weighted by Crippen LogP contribution is -2.10. The first-order chi connectivity index (χ1) is 7.70. The summed E-state index contributed by atoms with van der Waals surface area (Å²) in [5.41, 5.74) is 7.43. The molecule has 0 aliphatic heterocycles. The highest BCUT2D eigenvalue weighted by atomic mass is 16.5. The van der Waals surface area contributed by atoms with E-state index in [0.717, 1.165) is 6.29 Å². The van der Waals surface area contributed by atoms with Crippen LogP contribution in [0.1, 0.15) is 29.3 Å². The fourth-order valence-corrected chi connectivity index (χ4v) is 1.49. The number of nitrogens with two attached hydrogens (primary N) is 1. The minimum atomic E-state index is -0.393. The van der Waals surface area contributed by atoms with Crippen molar-refractivity contribution >= 4 is 17.9 Å². The van der Waals surface area contributed by atoms with Crippen molar-refractivity contribution in [2.24, 2.45) is 0 Å². The zero-order valence-electron chi connectivity index (χ0n) is 9.23. The molecular weight excluding hydrogens is 206 g/mol. The Balaban J connectivity index is 3.01. The molecule has 2 N–H and O–H groups in total. The van der Waals surface area contributed by atoms with Gasteiger partial charge in [-0.15, -0.1) is 0 Å². The molecule has 1 aromatic rings. The molecule has 0 heterocycles. The van der Waals surface area contributed by atoms with Crippen LogP contribution in [0, 0.1) is 0 Å². The second-order valence-electron chi connectivity index (χ2n) is 3.30. The van der Waals surface area contributed by atoms with Crippen LogP contribution in [0.4, 0.5) is 5.69 Å². The van der Waals surface area contributed by atoms with Gasteiger partial charge in [-0.3, -0.25) is 0 Å². The first-order valence-corrected chi connectivity index (χ1v) is 5.18. The maximum absolute atomic E-state index is 11.6. The Hall–Kier alpha value is -1.84. The van der Waals surface area contributed by atoms with E-state index in [1.54, 1.807) is 25.1 Å². The zero-order chi connectivity index (χ0) is 12.0. The van der Waals surface area contributed by atoms with Crippen molar-refractivity contribution in [2.45, 2.75) is 19.8 Å². The van der Waals surface area contributed by atoms with Gasteiger partial charge in [0.05, 0.1) is 12.2 Å². The van der Waals surface area contributed by atoms with Gasteiger partial charge in [0.15, 0.2) is 0 Å². The van der Waals surface area contributed by atoms with E-state index in [9.17, 15) is 9.59 Å². The van der Waals surface area contributed by atoms with Gasteiger partial charge in [-0.05, 0) is 31.0 Å². The number of rotatable bonds is 5. The second kappa shape index (κ2) is 5.90. The Labute approximate surface area is 94.4 Å². The van der Waals surface area contributed by atoms with Crippen LogP contribution >= 0.6 is 0 Å². The summed E-state index contributed by atoms with van der Waals surface area (Å²) in [6.45, 7) is 2.07. The summed E-state index contributed by atoms with van der Waals surface area (Å²) in [6.07, 6.45) is 1.62. The number of nitrogen functional groups attached to an aromatic ring is 1. The molecule has 0 unspecified atom stereocenters. The predicted molar refractivity (Wildman–Crippen MR) is 61.2 cm³/mol. The van der Waals surface area contributed by atoms with E-state index in [1.165, 1.54) is 0 Å². The molecule has 0 amide bonds. The molecule has 16 heavy (non-hydrogen) atoms. The van der Waals surface area contributed by atoms with Gasteiger partial charge in [0.25, 0.3) is 0 Å². The molecule has 0 aliphatic rings. The van der Waals surface area contributed by atoms with Crippen LogP contribution in [0.25, 0.3) is 0 Å². The van der Waals surface area contributed by atoms with Crippen molar-refractivity contribution in [3.05, 3.63) is 29.3 Å². The maximum atomic E-state index is 11.6. The van der Waals surface area contributed by atoms with Crippen LogP contribution < -0.4 is 5.73 Å². The van der Waals surface area contributed by atoms with E-state index in [0.29, 0.717) is 36.3 Å². The third-order valence-electron chi connectivity index (χ3n) is 2.22. The van der Waals surface area contributed by atoms with Crippen molar-refractivity contribution in [2.75, 3.05) is 12.3 Å². The zero-order valence-corrected chi connectivity index (χ0v) is 9.23. The van der Waals surface area contributed by atoms with Gasteiger partial charge in [0.1, 0.15) is 6.29 Å². The molecule has 86 valence electrons. The van der Waals surface area contributed by atoms with Crippen LogP contribution in [-0.2, 0) is 16.0 Å². The topological polar surface area (TPSA) is 69.4 Å². The summed E-state index contributed by atoms with van der Waals surface area (Å²) in [6, 6.07) is 5.07. The van der Waals surface area contributed by atoms with E-state index >= 15 is 0 Å². The fourth-order valence-electron chi connectivity index (χ4n) is 1.49. The lowest BCUT2D eigenvalue weighted by molar-refractivity contribution is -0.107. The van der Waals surface area contributed by atoms with Crippen molar-refractivity contribution in [1.82, 2.24) is 0 Å². The Morgan fingerprint density at radius 3 is 2.88 bits per heavy atom. The number of hydrogen-bond acceptors (Lipinski definition) is 4. The molecule has 0 fully saturated rings. The number of carbonyl (C=O) groups is 2. The van der Waals surface area contributed by atoms with Crippen LogP contribution in [0.3, 0.4) is 0 Å². The molecule has 4 nitrogen and oxygen atoms in total. The molecule has 1 rings (SSSR count). The average molecular weight is 221 g/mol. The van der Waals surface area contributed by atoms with Crippen LogP contribution in [0.5, 0.6) is 0 Å². The number of carbonyl (C=O) groups excluding carboxylic acids is 2. The Morgan fingerprint density at radius 2 is 2.25 bits per heavy atom. The lowest BCUT2D eigenvalue weighted by Gasteiger charge is -2.10. The van der Waals surface area contributed by atoms with Gasteiger partial charge < -0.3 is 15.3 Å². The number of hydrogen-bond donors (Lipinski definition) is 1. The van der Waals surface area contributed by atoms with Crippen molar-refractivity contribution < 1.29 is 14.3 Å². The van der Waals surface area contributed by atoms with Crippen molar-refractivity contribution in [3.63, 3.8) is 0 Å². The molecule has 0 atom stereocenters. The quantitative estimate of drug-likeness (QED) is 0.465. The predicted octanol–water partition coefficient (Wildman–Crippen LogP) is 1.58. The summed E-state index contributed by atoms with van der Waals surface area (Å²) in [7, 11) is 0. The number of esters is 1. The van der Waals surface area contributed by atoms with Crippen molar-refractivity contribution in [3.8, 4) is 0 Å². The smallest absolute Gasteiger partial charge is 0.338 e. The van der Waals surface area contributed by atoms with E-state index in [2.05, 4.69) is 0 Å². The minimum absolute atomic E-state index is 0.320. The second-order valence-corrected chi connectivity index (χ2v) is 3.30. The first-order valence-electron chi connectivity index (χ1n) is 5.18. The maximum Gasteiger partial charge on any atom is 0.338 e. The Morgan fingerprint density at radius 1 is 1.50 bits per heavy atom. The number of ether oxygens (including phenoxy) is 1. The summed E-state index contributed by atoms with van der Waals surface area (Å²) < 4.78 is 4.92. The molecule has 1 aromatic carbocycles. The highest BCUT2D eigenvalue weighted by molar-refractivity contribution is 5.92. The van der Waals surface area contributed by atoms with Crippen LogP contribution in [0.2, 0.25) is 0 Å². The molecule has 0 aliphatic carbocycles. The highest BCUT2D eigenvalue weighted by Crippen LogP contribution is 2.19. The van der Waals surface area contributed by atoms with Gasteiger partial charge in [0.2, 0.25) is 0 Å². The summed E-state index contributed by atoms with van der Waals surface area (Å²) in [5.74, 6) is -0.393. The largest absolute Gasteiger partial charge is 0.462 e. The molecule has 0 bridgehead atoms. The van der Waals surface area contributed by atoms with Crippen LogP contribution in [-0.4, -0.2) is 18.9 Å². The minimum Gasteiger partial charge on any atom is -0.462 e. The van der Waals surface area contributed by atoms with Gasteiger partial charge in [-0.2, -0.15) is 0 Å². The molecule has 0 aromatic heterocycles. The summed E-state index contributed by atoms with van der Waals surface area (Å²) in [5, 5.41) is 0. The third-order valence-corrected chi connectivity index (χ3v) is 2.22. The SMILES string of the molecule is CCOC(=O)c1cccc(N)c1CCC=O. The van der Waals surface area contributed by atoms with E-state index < -0.39 is 5.97 Å². The fraction of sp³-hybridized carbons (Fsp3) is 0.333. The number of benzene rings is 1. The van der Waals surface area contributed by atoms with Crippen molar-refractivity contribution in [1.29, 1.82) is 0 Å². The molecule has 4 heteroatoms. The molecule has 0 radical (unpaired) electrons. The van der Waals surface area contributed by atoms with Gasteiger partial charge in [-0.25, -0.2) is 4.79 Å². The van der Waals surface area contributed by atoms with Crippen LogP contribution in [0.15, 0.2) is 18.2 Å². The summed E-state index contributed by atoms with van der Waals surface area (Å²) >= 11 is 0. The number of aldehydes is 1. The average Bonchev–Trinajstić information content (AvgIpc) is 2.27. The van der Waals surface area contributed by atoms with E-state index in [1.807, 2.05) is 0 Å². The molecule has 0 spiro atoms. The normalized spacial score (nSPS) is 9.81. The lowest BCUT2D eigenvalue weighted by atomic mass is 10.0. The number of anilines is 1. The Kier molecular flexibility index (Phi) is 4.51. The van der Waals surface area contributed by atoms with E-state index in [4.69, 9.17) is 10.5 Å². The van der Waals surface area contributed by atoms with Gasteiger partial charge in [-0.1, -0.05) is 6.07 Å². The summed E-state index contributed by atoms with van der Waals surface area (Å²) in [4.78, 5) is 22.0. The van der Waals surface area contributed by atoms with E-state index in [-0.39, 0.29) is 0 Å². The highest BCUT2D eigenvalue weighted by Gasteiger charge is 2.13. The Bertz CT molecular complexity index is 388. The third kappa shape index (κ3) is 2.82. The first kappa shape index (κ1) is 12.2. The molecule has 0 saturated carbocycles.